The minimum absolute atomic E-state index is 0.0365. The molecule has 1 aliphatic heterocycles. The molecule has 244 valence electrons. The Balaban J connectivity index is 1.61. The molecule has 3 N–H and O–H groups in total. The van der Waals surface area contributed by atoms with E-state index in [0.717, 1.165) is 6.54 Å². The first-order valence-corrected chi connectivity index (χ1v) is 16.9. The summed E-state index contributed by atoms with van der Waals surface area (Å²) in [5.41, 5.74) is 5.55. The summed E-state index contributed by atoms with van der Waals surface area (Å²) in [6.07, 6.45) is -0.385. The van der Waals surface area contributed by atoms with Gasteiger partial charge in [0, 0.05) is 38.7 Å². The molecule has 1 heterocycles. The van der Waals surface area contributed by atoms with E-state index in [0.29, 0.717) is 30.8 Å². The van der Waals surface area contributed by atoms with E-state index in [1.807, 2.05) is 6.92 Å². The standard InChI is InChI=1S/C28H41N5O9S2/c1-6-32-12-14-33(15-13-32)43(35,36)24-10-7-8-11-25(24)44(37,38)42-23-19-21(2)18-22(20-23)39-16-9-17-40-31-26(29)30-27(34)41-28(3,4)5/h7-8,10-11,18-20H,6,9,12-17H2,1-5H3,(H3,29,30,31,34). The van der Waals surface area contributed by atoms with Gasteiger partial charge in [0.15, 0.2) is 0 Å². The van der Waals surface area contributed by atoms with Gasteiger partial charge in [-0.2, -0.15) is 12.7 Å². The molecular weight excluding hydrogens is 614 g/mol. The van der Waals surface area contributed by atoms with Crippen LogP contribution in [0.5, 0.6) is 11.5 Å². The number of hydrogen-bond acceptors (Lipinski definition) is 11. The highest BCUT2D eigenvalue weighted by molar-refractivity contribution is 7.91. The van der Waals surface area contributed by atoms with Crippen molar-refractivity contribution in [3.8, 4) is 11.5 Å². The van der Waals surface area contributed by atoms with Crippen molar-refractivity contribution in [2.24, 2.45) is 10.9 Å². The molecule has 2 aromatic carbocycles. The van der Waals surface area contributed by atoms with Crippen molar-refractivity contribution in [1.82, 2.24) is 14.5 Å². The number of carbonyl (C=O) groups is 1. The van der Waals surface area contributed by atoms with E-state index in [1.165, 1.54) is 40.7 Å². The molecule has 16 heteroatoms. The number of piperazine rings is 1. The number of amides is 1. The number of aryl methyl sites for hydroxylation is 1. The monoisotopic (exact) mass is 655 g/mol. The SMILES string of the molecule is CCN1CCN(S(=O)(=O)c2ccccc2S(=O)(=O)Oc2cc(C)cc(OCCCON=C(N)NC(=O)OC(C)(C)C)c2)CC1. The average molecular weight is 656 g/mol. The maximum absolute atomic E-state index is 13.5. The van der Waals surface area contributed by atoms with Gasteiger partial charge in [-0.15, -0.1) is 0 Å². The van der Waals surface area contributed by atoms with Gasteiger partial charge in [0.05, 0.1) is 6.61 Å². The Morgan fingerprint density at radius 3 is 2.25 bits per heavy atom. The van der Waals surface area contributed by atoms with Crippen molar-refractivity contribution in [2.45, 2.75) is 56.4 Å². The Morgan fingerprint density at radius 1 is 0.977 bits per heavy atom. The maximum Gasteiger partial charge on any atom is 0.414 e. The molecule has 0 bridgehead atoms. The van der Waals surface area contributed by atoms with Crippen LogP contribution in [0.15, 0.2) is 57.4 Å². The number of benzene rings is 2. The van der Waals surface area contributed by atoms with Crippen LogP contribution in [0.4, 0.5) is 4.79 Å². The molecule has 1 saturated heterocycles. The third kappa shape index (κ3) is 10.2. The van der Waals surface area contributed by atoms with Crippen molar-refractivity contribution in [3.63, 3.8) is 0 Å². The van der Waals surface area contributed by atoms with Gasteiger partial charge >= 0.3 is 16.2 Å². The van der Waals surface area contributed by atoms with E-state index in [4.69, 9.17) is 24.2 Å². The zero-order valence-electron chi connectivity index (χ0n) is 25.6. The van der Waals surface area contributed by atoms with Crippen LogP contribution < -0.4 is 20.0 Å². The van der Waals surface area contributed by atoms with Crippen LogP contribution in [0.25, 0.3) is 0 Å². The quantitative estimate of drug-likeness (QED) is 0.113. The number of ether oxygens (including phenoxy) is 2. The number of nitrogens with zero attached hydrogens (tertiary/aromatic N) is 3. The fraction of sp³-hybridized carbons (Fsp3) is 0.500. The number of oxime groups is 1. The Labute approximate surface area is 259 Å². The lowest BCUT2D eigenvalue weighted by Crippen LogP contribution is -2.48. The molecule has 1 fully saturated rings. The van der Waals surface area contributed by atoms with Crippen LogP contribution in [0, 0.1) is 6.92 Å². The predicted octanol–water partition coefficient (Wildman–Crippen LogP) is 2.63. The molecular formula is C28H41N5O9S2. The molecule has 0 radical (unpaired) electrons. The van der Waals surface area contributed by atoms with Crippen molar-refractivity contribution >= 4 is 32.2 Å². The van der Waals surface area contributed by atoms with Crippen LogP contribution in [0.2, 0.25) is 0 Å². The first-order chi connectivity index (χ1) is 20.6. The van der Waals surface area contributed by atoms with Gasteiger partial charge in [-0.1, -0.05) is 19.1 Å². The summed E-state index contributed by atoms with van der Waals surface area (Å²) in [4.78, 5) is 18.1. The zero-order valence-corrected chi connectivity index (χ0v) is 27.2. The minimum atomic E-state index is -4.53. The third-order valence-electron chi connectivity index (χ3n) is 6.19. The molecule has 1 aliphatic rings. The van der Waals surface area contributed by atoms with Gasteiger partial charge in [0.2, 0.25) is 16.0 Å². The number of sulfonamides is 1. The second-order valence-corrected chi connectivity index (χ2v) is 14.4. The van der Waals surface area contributed by atoms with Crippen LogP contribution >= 0.6 is 0 Å². The van der Waals surface area contributed by atoms with Crippen LogP contribution in [-0.4, -0.2) is 89.6 Å². The Hall–Kier alpha value is -3.60. The van der Waals surface area contributed by atoms with E-state index in [9.17, 15) is 21.6 Å². The zero-order chi connectivity index (χ0) is 32.5. The molecule has 44 heavy (non-hydrogen) atoms. The van der Waals surface area contributed by atoms with E-state index in [2.05, 4.69) is 15.4 Å². The summed E-state index contributed by atoms with van der Waals surface area (Å²) in [5, 5.41) is 5.83. The second kappa shape index (κ2) is 14.9. The number of rotatable bonds is 12. The first-order valence-electron chi connectivity index (χ1n) is 14.1. The maximum atomic E-state index is 13.5. The van der Waals surface area contributed by atoms with Gasteiger partial charge in [0.25, 0.3) is 0 Å². The molecule has 0 aliphatic carbocycles. The van der Waals surface area contributed by atoms with E-state index in [-0.39, 0.29) is 42.9 Å². The van der Waals surface area contributed by atoms with Crippen molar-refractivity contribution in [2.75, 3.05) is 45.9 Å². The number of alkyl carbamates (subject to hydrolysis) is 1. The van der Waals surface area contributed by atoms with Crippen molar-refractivity contribution < 1.29 is 40.1 Å². The minimum Gasteiger partial charge on any atom is -0.493 e. The predicted molar refractivity (Wildman–Crippen MR) is 163 cm³/mol. The van der Waals surface area contributed by atoms with Crippen molar-refractivity contribution in [3.05, 3.63) is 48.0 Å². The molecule has 2 aromatic rings. The van der Waals surface area contributed by atoms with Crippen LogP contribution in [0.3, 0.4) is 0 Å². The number of nitrogens with one attached hydrogen (secondary N) is 1. The lowest BCUT2D eigenvalue weighted by atomic mass is 10.2. The van der Waals surface area contributed by atoms with Gasteiger partial charge in [-0.05, 0) is 69.2 Å². The second-order valence-electron chi connectivity index (χ2n) is 10.9. The van der Waals surface area contributed by atoms with Crippen LogP contribution in [0.1, 0.15) is 39.7 Å². The highest BCUT2D eigenvalue weighted by atomic mass is 32.2. The first kappa shape index (κ1) is 34.9. The Morgan fingerprint density at radius 2 is 1.61 bits per heavy atom. The number of nitrogens with two attached hydrogens (primary N) is 1. The smallest absolute Gasteiger partial charge is 0.414 e. The lowest BCUT2D eigenvalue weighted by Gasteiger charge is -2.33. The highest BCUT2D eigenvalue weighted by Crippen LogP contribution is 2.30. The summed E-state index contributed by atoms with van der Waals surface area (Å²) >= 11 is 0. The molecule has 14 nitrogen and oxygen atoms in total. The van der Waals surface area contributed by atoms with Crippen LogP contribution in [-0.2, 0) is 29.7 Å². The third-order valence-corrected chi connectivity index (χ3v) is 9.58. The molecule has 0 spiro atoms. The molecule has 0 saturated carbocycles. The van der Waals surface area contributed by atoms with E-state index >= 15 is 0 Å². The largest absolute Gasteiger partial charge is 0.493 e. The number of guanidine groups is 1. The summed E-state index contributed by atoms with van der Waals surface area (Å²) in [6.45, 7) is 11.6. The molecule has 1 amide bonds. The molecule has 0 atom stereocenters. The lowest BCUT2D eigenvalue weighted by molar-refractivity contribution is 0.0556. The number of carbonyl (C=O) groups excluding carboxylic acids is 1. The van der Waals surface area contributed by atoms with Gasteiger partial charge in [-0.25, -0.2) is 13.2 Å². The Bertz CT molecular complexity index is 1530. The summed E-state index contributed by atoms with van der Waals surface area (Å²) in [5.74, 6) is 0.0282. The fourth-order valence-corrected chi connectivity index (χ4v) is 7.29. The Kier molecular flexibility index (Phi) is 11.8. The topological polar surface area (TPSA) is 179 Å². The van der Waals surface area contributed by atoms with E-state index < -0.39 is 36.7 Å². The van der Waals surface area contributed by atoms with Gasteiger partial charge < -0.3 is 29.1 Å². The normalized spacial score (nSPS) is 15.4. The number of likely N-dealkylation sites (N-methyl/N-ethyl adjacent to an activating group) is 1. The fourth-order valence-electron chi connectivity index (χ4n) is 4.17. The summed E-state index contributed by atoms with van der Waals surface area (Å²) < 4.78 is 71.1. The summed E-state index contributed by atoms with van der Waals surface area (Å²) in [6, 6.07) is 10.0. The molecule has 3 rings (SSSR count). The van der Waals surface area contributed by atoms with E-state index in [1.54, 1.807) is 33.8 Å². The highest BCUT2D eigenvalue weighted by Gasteiger charge is 2.34. The summed E-state index contributed by atoms with van der Waals surface area (Å²) in [7, 11) is -8.62. The van der Waals surface area contributed by atoms with Gasteiger partial charge in [-0.3, -0.25) is 5.32 Å². The average Bonchev–Trinajstić information content (AvgIpc) is 2.93. The molecule has 0 aromatic heterocycles. The van der Waals surface area contributed by atoms with Crippen molar-refractivity contribution in [1.29, 1.82) is 0 Å². The molecule has 0 unspecified atom stereocenters. The van der Waals surface area contributed by atoms with Gasteiger partial charge in [0.1, 0.15) is 33.5 Å². The number of hydrogen-bond donors (Lipinski definition) is 2.